The minimum Gasteiger partial charge on any atom is -0.389 e. The second-order valence-electron chi connectivity index (χ2n) is 5.06. The second-order valence-corrected chi connectivity index (χ2v) is 5.06. The lowest BCUT2D eigenvalue weighted by Gasteiger charge is -2.22. The predicted molar refractivity (Wildman–Crippen MR) is 70.1 cm³/mol. The quantitative estimate of drug-likeness (QED) is 0.732. The molecule has 4 nitrogen and oxygen atoms in total. The molecule has 1 aliphatic rings. The summed E-state index contributed by atoms with van der Waals surface area (Å²) in [4.78, 5) is 11.2. The summed E-state index contributed by atoms with van der Waals surface area (Å²) in [5.41, 5.74) is 6.18. The molecule has 1 aliphatic carbocycles. The molecular weight excluding hydrogens is 228 g/mol. The summed E-state index contributed by atoms with van der Waals surface area (Å²) in [6.45, 7) is 1.13. The summed E-state index contributed by atoms with van der Waals surface area (Å²) in [7, 11) is 0. The fraction of sp³-hybridized carbons (Fsp3) is 0.500. The number of carbonyl (C=O) groups excluding carboxylic acids is 1. The van der Waals surface area contributed by atoms with Crippen LogP contribution in [0.3, 0.4) is 0 Å². The van der Waals surface area contributed by atoms with Gasteiger partial charge in [-0.05, 0) is 24.5 Å². The zero-order chi connectivity index (χ0) is 13.0. The van der Waals surface area contributed by atoms with Gasteiger partial charge in [0.1, 0.15) is 0 Å². The van der Waals surface area contributed by atoms with Crippen LogP contribution in [0.2, 0.25) is 0 Å². The van der Waals surface area contributed by atoms with E-state index in [0.717, 1.165) is 31.2 Å². The summed E-state index contributed by atoms with van der Waals surface area (Å²) in [6, 6.07) is 7.29. The molecule has 18 heavy (non-hydrogen) atoms. The molecule has 0 aliphatic heterocycles. The first-order valence-corrected chi connectivity index (χ1v) is 6.42. The van der Waals surface area contributed by atoms with Crippen LogP contribution >= 0.6 is 0 Å². The molecule has 0 spiro atoms. The van der Waals surface area contributed by atoms with Gasteiger partial charge in [0.15, 0.2) is 0 Å². The Morgan fingerprint density at radius 1 is 1.33 bits per heavy atom. The molecule has 0 unspecified atom stereocenters. The third kappa shape index (κ3) is 3.09. The first kappa shape index (κ1) is 13.1. The minimum atomic E-state index is -0.568. The van der Waals surface area contributed by atoms with Crippen LogP contribution in [-0.2, 0) is 6.54 Å². The number of hydrogen-bond donors (Lipinski definition) is 3. The van der Waals surface area contributed by atoms with E-state index in [4.69, 9.17) is 5.73 Å². The summed E-state index contributed by atoms with van der Waals surface area (Å²) < 4.78 is 0. The number of amides is 1. The summed E-state index contributed by atoms with van der Waals surface area (Å²) in [5, 5.41) is 13.4. The van der Waals surface area contributed by atoms with Crippen LogP contribution in [-0.4, -0.2) is 23.2 Å². The lowest BCUT2D eigenvalue weighted by Crippen LogP contribution is -2.37. The molecule has 0 atom stereocenters. The predicted octanol–water partition coefficient (Wildman–Crippen LogP) is 1.18. The molecule has 4 N–H and O–H groups in total. The largest absolute Gasteiger partial charge is 0.389 e. The Morgan fingerprint density at radius 2 is 2.00 bits per heavy atom. The third-order valence-electron chi connectivity index (χ3n) is 3.59. The van der Waals surface area contributed by atoms with Crippen molar-refractivity contribution in [2.24, 2.45) is 5.73 Å². The van der Waals surface area contributed by atoms with E-state index >= 15 is 0 Å². The molecule has 4 heteroatoms. The molecule has 0 bridgehead atoms. The van der Waals surface area contributed by atoms with Crippen molar-refractivity contribution in [2.75, 3.05) is 6.54 Å². The number of nitrogens with two attached hydrogens (primary N) is 1. The Balaban J connectivity index is 1.92. The number of nitrogens with one attached hydrogen (secondary N) is 1. The van der Waals surface area contributed by atoms with Crippen molar-refractivity contribution in [1.29, 1.82) is 0 Å². The van der Waals surface area contributed by atoms with Crippen molar-refractivity contribution >= 4 is 5.91 Å². The van der Waals surface area contributed by atoms with Gasteiger partial charge in [-0.15, -0.1) is 0 Å². The number of carbonyl (C=O) groups is 1. The number of rotatable bonds is 5. The van der Waals surface area contributed by atoms with Crippen LogP contribution < -0.4 is 11.1 Å². The second kappa shape index (κ2) is 5.50. The number of hydrogen-bond acceptors (Lipinski definition) is 3. The molecular formula is C14H20N2O2. The molecule has 1 aromatic carbocycles. The van der Waals surface area contributed by atoms with Crippen molar-refractivity contribution < 1.29 is 9.90 Å². The Hall–Kier alpha value is -1.39. The van der Waals surface area contributed by atoms with Gasteiger partial charge in [-0.3, -0.25) is 4.79 Å². The van der Waals surface area contributed by atoms with E-state index in [-0.39, 0.29) is 0 Å². The van der Waals surface area contributed by atoms with Gasteiger partial charge >= 0.3 is 0 Å². The molecule has 1 fully saturated rings. The summed E-state index contributed by atoms with van der Waals surface area (Å²) in [6.07, 6.45) is 3.90. The van der Waals surface area contributed by atoms with Gasteiger partial charge in [-0.1, -0.05) is 31.0 Å². The van der Waals surface area contributed by atoms with E-state index in [1.54, 1.807) is 12.1 Å². The average Bonchev–Trinajstić information content (AvgIpc) is 2.77. The monoisotopic (exact) mass is 248 g/mol. The fourth-order valence-corrected chi connectivity index (χ4v) is 2.55. The van der Waals surface area contributed by atoms with Gasteiger partial charge in [0.2, 0.25) is 5.91 Å². The molecule has 0 aromatic heterocycles. The molecule has 1 saturated carbocycles. The van der Waals surface area contributed by atoms with Crippen LogP contribution in [0.15, 0.2) is 24.3 Å². The van der Waals surface area contributed by atoms with E-state index in [1.807, 2.05) is 12.1 Å². The average molecular weight is 248 g/mol. The number of benzene rings is 1. The topological polar surface area (TPSA) is 75.4 Å². The number of primary amides is 1. The molecule has 2 rings (SSSR count). The van der Waals surface area contributed by atoms with Crippen LogP contribution in [0.5, 0.6) is 0 Å². The van der Waals surface area contributed by atoms with Gasteiger partial charge in [0, 0.05) is 18.7 Å². The summed E-state index contributed by atoms with van der Waals surface area (Å²) in [5.74, 6) is -0.410. The molecule has 0 saturated heterocycles. The maximum Gasteiger partial charge on any atom is 0.249 e. The molecule has 1 amide bonds. The first-order chi connectivity index (χ1) is 8.61. The van der Waals surface area contributed by atoms with Crippen LogP contribution in [0, 0.1) is 0 Å². The lowest BCUT2D eigenvalue weighted by atomic mass is 10.0. The van der Waals surface area contributed by atoms with Crippen molar-refractivity contribution in [3.8, 4) is 0 Å². The highest BCUT2D eigenvalue weighted by atomic mass is 16.3. The zero-order valence-corrected chi connectivity index (χ0v) is 10.5. The Kier molecular flexibility index (Phi) is 3.99. The van der Waals surface area contributed by atoms with E-state index in [0.29, 0.717) is 18.7 Å². The SMILES string of the molecule is NC(=O)c1ccccc1CNCC1(O)CCCC1. The Morgan fingerprint density at radius 3 is 2.67 bits per heavy atom. The Labute approximate surface area is 107 Å². The maximum atomic E-state index is 11.2. The van der Waals surface area contributed by atoms with Crippen LogP contribution in [0.4, 0.5) is 0 Å². The molecule has 0 heterocycles. The highest BCUT2D eigenvalue weighted by molar-refractivity contribution is 5.94. The minimum absolute atomic E-state index is 0.410. The molecule has 1 aromatic rings. The van der Waals surface area contributed by atoms with Gasteiger partial charge in [0.05, 0.1) is 5.60 Å². The molecule has 98 valence electrons. The van der Waals surface area contributed by atoms with Crippen LogP contribution in [0.1, 0.15) is 41.6 Å². The van der Waals surface area contributed by atoms with Crippen molar-refractivity contribution in [2.45, 2.75) is 37.8 Å². The Bertz CT molecular complexity index is 426. The smallest absolute Gasteiger partial charge is 0.249 e. The van der Waals surface area contributed by atoms with Crippen molar-refractivity contribution in [1.82, 2.24) is 5.32 Å². The van der Waals surface area contributed by atoms with Gasteiger partial charge in [-0.2, -0.15) is 0 Å². The normalized spacial score (nSPS) is 17.8. The van der Waals surface area contributed by atoms with Crippen LogP contribution in [0.25, 0.3) is 0 Å². The lowest BCUT2D eigenvalue weighted by molar-refractivity contribution is 0.0475. The van der Waals surface area contributed by atoms with E-state index in [2.05, 4.69) is 5.32 Å². The zero-order valence-electron chi connectivity index (χ0n) is 10.5. The van der Waals surface area contributed by atoms with Gasteiger partial charge in [0.25, 0.3) is 0 Å². The highest BCUT2D eigenvalue weighted by Crippen LogP contribution is 2.28. The maximum absolute atomic E-state index is 11.2. The fourth-order valence-electron chi connectivity index (χ4n) is 2.55. The first-order valence-electron chi connectivity index (χ1n) is 6.42. The highest BCUT2D eigenvalue weighted by Gasteiger charge is 2.30. The van der Waals surface area contributed by atoms with Gasteiger partial charge < -0.3 is 16.2 Å². The van der Waals surface area contributed by atoms with E-state index in [9.17, 15) is 9.90 Å². The standard InChI is InChI=1S/C14H20N2O2/c15-13(17)12-6-2-1-5-11(12)9-16-10-14(18)7-3-4-8-14/h1-2,5-6,16,18H,3-4,7-10H2,(H2,15,17). The van der Waals surface area contributed by atoms with E-state index in [1.165, 1.54) is 0 Å². The van der Waals surface area contributed by atoms with Crippen molar-refractivity contribution in [3.05, 3.63) is 35.4 Å². The van der Waals surface area contributed by atoms with Crippen molar-refractivity contribution in [3.63, 3.8) is 0 Å². The van der Waals surface area contributed by atoms with E-state index < -0.39 is 11.5 Å². The number of aliphatic hydroxyl groups is 1. The van der Waals surface area contributed by atoms with Gasteiger partial charge in [-0.25, -0.2) is 0 Å². The molecule has 0 radical (unpaired) electrons. The summed E-state index contributed by atoms with van der Waals surface area (Å²) >= 11 is 0. The third-order valence-corrected chi connectivity index (χ3v) is 3.59.